The third kappa shape index (κ3) is 4.99. The molecule has 0 aromatic heterocycles. The van der Waals surface area contributed by atoms with E-state index in [1.165, 1.54) is 63.7 Å². The van der Waals surface area contributed by atoms with Crippen LogP contribution >= 0.6 is 24.8 Å². The van der Waals surface area contributed by atoms with Crippen LogP contribution in [0.25, 0.3) is 0 Å². The molecule has 148 valence electrons. The number of halogens is 2. The molecule has 0 unspecified atom stereocenters. The summed E-state index contributed by atoms with van der Waals surface area (Å²) in [5.74, 6) is 0. The van der Waals surface area contributed by atoms with Crippen molar-refractivity contribution in [2.75, 3.05) is 18.4 Å². The highest BCUT2D eigenvalue weighted by Gasteiger charge is 2.40. The molecule has 2 fully saturated rings. The summed E-state index contributed by atoms with van der Waals surface area (Å²) in [7, 11) is 0. The first-order valence-electron chi connectivity index (χ1n) is 9.99. The van der Waals surface area contributed by atoms with Crippen molar-refractivity contribution in [2.45, 2.75) is 56.5 Å². The summed E-state index contributed by atoms with van der Waals surface area (Å²) >= 11 is 0. The van der Waals surface area contributed by atoms with Crippen molar-refractivity contribution in [2.24, 2.45) is 0 Å². The van der Waals surface area contributed by atoms with E-state index in [-0.39, 0.29) is 30.4 Å². The molecule has 0 bridgehead atoms. The molecule has 1 aliphatic heterocycles. The normalized spacial score (nSPS) is 20.1. The molecule has 4 heteroatoms. The van der Waals surface area contributed by atoms with Crippen molar-refractivity contribution in [3.8, 4) is 0 Å². The minimum Gasteiger partial charge on any atom is -0.382 e. The SMILES string of the molecule is Cl.Cl.c1ccc(NC2CCN(C3(c4ccccc4)CCCCC3)CC2)cc1. The first-order chi connectivity index (χ1) is 12.4. The van der Waals surface area contributed by atoms with E-state index >= 15 is 0 Å². The summed E-state index contributed by atoms with van der Waals surface area (Å²) in [5.41, 5.74) is 3.09. The molecule has 1 saturated heterocycles. The highest BCUT2D eigenvalue weighted by Crippen LogP contribution is 2.43. The lowest BCUT2D eigenvalue weighted by Gasteiger charge is -2.50. The fourth-order valence-corrected chi connectivity index (χ4v) is 4.89. The summed E-state index contributed by atoms with van der Waals surface area (Å²) in [6, 6.07) is 22.6. The van der Waals surface area contributed by atoms with Gasteiger partial charge in [-0.25, -0.2) is 0 Å². The number of anilines is 1. The quantitative estimate of drug-likeness (QED) is 0.643. The monoisotopic (exact) mass is 406 g/mol. The van der Waals surface area contributed by atoms with Gasteiger partial charge in [-0.05, 0) is 43.4 Å². The molecule has 1 aliphatic carbocycles. The first kappa shape index (κ1) is 22.1. The van der Waals surface area contributed by atoms with Crippen LogP contribution < -0.4 is 5.32 Å². The van der Waals surface area contributed by atoms with Crippen LogP contribution in [0, 0.1) is 0 Å². The minimum absolute atomic E-state index is 0. The summed E-state index contributed by atoms with van der Waals surface area (Å²) < 4.78 is 0. The van der Waals surface area contributed by atoms with Crippen LogP contribution in [0.3, 0.4) is 0 Å². The Bertz CT molecular complexity index is 649. The Kier molecular flexibility index (Phi) is 8.47. The van der Waals surface area contributed by atoms with Crippen molar-refractivity contribution in [3.05, 3.63) is 66.2 Å². The lowest BCUT2D eigenvalue weighted by molar-refractivity contribution is 0.0277. The number of benzene rings is 2. The number of nitrogens with zero attached hydrogens (tertiary/aromatic N) is 1. The van der Waals surface area contributed by atoms with Gasteiger partial charge in [0, 0.05) is 30.4 Å². The van der Waals surface area contributed by atoms with Gasteiger partial charge in [-0.15, -0.1) is 24.8 Å². The maximum absolute atomic E-state index is 3.73. The van der Waals surface area contributed by atoms with Gasteiger partial charge < -0.3 is 5.32 Å². The predicted molar refractivity (Wildman–Crippen MR) is 120 cm³/mol. The molecular formula is C23H32Cl2N2. The van der Waals surface area contributed by atoms with Crippen LogP contribution in [-0.2, 0) is 5.54 Å². The number of rotatable bonds is 4. The van der Waals surface area contributed by atoms with Gasteiger partial charge in [0.05, 0.1) is 0 Å². The number of hydrogen-bond donors (Lipinski definition) is 1. The molecule has 2 nitrogen and oxygen atoms in total. The fourth-order valence-electron chi connectivity index (χ4n) is 4.89. The third-order valence-electron chi connectivity index (χ3n) is 6.24. The van der Waals surface area contributed by atoms with Crippen LogP contribution in [0.15, 0.2) is 60.7 Å². The molecule has 0 radical (unpaired) electrons. The van der Waals surface area contributed by atoms with Gasteiger partial charge in [0.25, 0.3) is 0 Å². The highest BCUT2D eigenvalue weighted by molar-refractivity contribution is 5.85. The standard InChI is InChI=1S/C23H30N2.2ClH/c1-4-10-20(11-5-1)23(16-8-3-9-17-23)25-18-14-22(15-19-25)24-21-12-6-2-7-13-21;;/h1-2,4-7,10-13,22,24H,3,8-9,14-19H2;2*1H. The Balaban J connectivity index is 0.00000131. The molecule has 1 heterocycles. The van der Waals surface area contributed by atoms with Gasteiger partial charge in [0.2, 0.25) is 0 Å². The van der Waals surface area contributed by atoms with Crippen molar-refractivity contribution in [1.82, 2.24) is 4.90 Å². The molecule has 1 N–H and O–H groups in total. The van der Waals surface area contributed by atoms with Gasteiger partial charge in [0.1, 0.15) is 0 Å². The number of nitrogens with one attached hydrogen (secondary N) is 1. The Labute approximate surface area is 176 Å². The summed E-state index contributed by atoms with van der Waals surface area (Å²) in [4.78, 5) is 2.81. The van der Waals surface area contributed by atoms with Gasteiger partial charge in [-0.2, -0.15) is 0 Å². The van der Waals surface area contributed by atoms with E-state index in [0.717, 1.165) is 0 Å². The smallest absolute Gasteiger partial charge is 0.0460 e. The molecule has 0 spiro atoms. The predicted octanol–water partition coefficient (Wildman–Crippen LogP) is 6.27. The molecule has 2 aromatic carbocycles. The lowest BCUT2D eigenvalue weighted by Crippen LogP contribution is -2.52. The number of para-hydroxylation sites is 1. The summed E-state index contributed by atoms with van der Waals surface area (Å²) in [5, 5.41) is 3.73. The van der Waals surface area contributed by atoms with Crippen LogP contribution in [0.1, 0.15) is 50.5 Å². The average Bonchev–Trinajstić information content (AvgIpc) is 2.70. The zero-order valence-corrected chi connectivity index (χ0v) is 17.6. The van der Waals surface area contributed by atoms with E-state index in [1.54, 1.807) is 5.56 Å². The molecule has 27 heavy (non-hydrogen) atoms. The van der Waals surface area contributed by atoms with Crippen LogP contribution in [0.5, 0.6) is 0 Å². The van der Waals surface area contributed by atoms with Crippen LogP contribution in [0.2, 0.25) is 0 Å². The lowest BCUT2D eigenvalue weighted by atomic mass is 9.74. The number of likely N-dealkylation sites (tertiary alicyclic amines) is 1. The maximum Gasteiger partial charge on any atom is 0.0460 e. The van der Waals surface area contributed by atoms with E-state index in [2.05, 4.69) is 70.9 Å². The second kappa shape index (κ2) is 10.4. The zero-order valence-electron chi connectivity index (χ0n) is 16.0. The van der Waals surface area contributed by atoms with Gasteiger partial charge in [-0.3, -0.25) is 4.90 Å². The Morgan fingerprint density at radius 2 is 1.30 bits per heavy atom. The highest BCUT2D eigenvalue weighted by atomic mass is 35.5. The molecular weight excluding hydrogens is 375 g/mol. The van der Waals surface area contributed by atoms with Crippen molar-refractivity contribution < 1.29 is 0 Å². The van der Waals surface area contributed by atoms with Crippen molar-refractivity contribution in [1.29, 1.82) is 0 Å². The number of piperidine rings is 1. The van der Waals surface area contributed by atoms with Crippen LogP contribution in [-0.4, -0.2) is 24.0 Å². The van der Waals surface area contributed by atoms with Crippen LogP contribution in [0.4, 0.5) is 5.69 Å². The molecule has 0 amide bonds. The first-order valence-corrected chi connectivity index (χ1v) is 9.99. The Hall–Kier alpha value is -1.22. The topological polar surface area (TPSA) is 15.3 Å². The third-order valence-corrected chi connectivity index (χ3v) is 6.24. The maximum atomic E-state index is 3.73. The largest absolute Gasteiger partial charge is 0.382 e. The van der Waals surface area contributed by atoms with E-state index in [4.69, 9.17) is 0 Å². The van der Waals surface area contributed by atoms with E-state index in [0.29, 0.717) is 6.04 Å². The average molecular weight is 407 g/mol. The van der Waals surface area contributed by atoms with E-state index in [1.807, 2.05) is 0 Å². The Morgan fingerprint density at radius 1 is 0.741 bits per heavy atom. The van der Waals surface area contributed by atoms with Gasteiger partial charge >= 0.3 is 0 Å². The molecule has 1 saturated carbocycles. The molecule has 0 atom stereocenters. The second-order valence-corrected chi connectivity index (χ2v) is 7.73. The molecule has 2 aliphatic rings. The Morgan fingerprint density at radius 3 is 1.89 bits per heavy atom. The molecule has 4 rings (SSSR count). The molecule has 2 aromatic rings. The minimum atomic E-state index is 0. The summed E-state index contributed by atoms with van der Waals surface area (Å²) in [6.45, 7) is 2.42. The van der Waals surface area contributed by atoms with Gasteiger partial charge in [0.15, 0.2) is 0 Å². The zero-order chi connectivity index (χ0) is 17.0. The van der Waals surface area contributed by atoms with Crippen molar-refractivity contribution in [3.63, 3.8) is 0 Å². The number of hydrogen-bond acceptors (Lipinski definition) is 2. The van der Waals surface area contributed by atoms with E-state index < -0.39 is 0 Å². The second-order valence-electron chi connectivity index (χ2n) is 7.73. The fraction of sp³-hybridized carbons (Fsp3) is 0.478. The summed E-state index contributed by atoms with van der Waals surface area (Å²) in [6.07, 6.45) is 9.28. The van der Waals surface area contributed by atoms with Gasteiger partial charge in [-0.1, -0.05) is 67.8 Å². The van der Waals surface area contributed by atoms with Crippen molar-refractivity contribution >= 4 is 30.5 Å². The van der Waals surface area contributed by atoms with E-state index in [9.17, 15) is 0 Å².